The first-order valence-corrected chi connectivity index (χ1v) is 9.03. The summed E-state index contributed by atoms with van der Waals surface area (Å²) in [6.45, 7) is -0.0960. The number of nitrogens with one attached hydrogen (secondary N) is 2. The van der Waals surface area contributed by atoms with E-state index in [2.05, 4.69) is 15.6 Å². The second-order valence-electron chi connectivity index (χ2n) is 6.03. The van der Waals surface area contributed by atoms with E-state index in [0.29, 0.717) is 16.0 Å². The Morgan fingerprint density at radius 3 is 3.04 bits per heavy atom. The number of hydrogen-bond donors (Lipinski definition) is 2. The quantitative estimate of drug-likeness (QED) is 0.723. The van der Waals surface area contributed by atoms with E-state index in [4.69, 9.17) is 4.42 Å². The molecule has 26 heavy (non-hydrogen) atoms. The highest BCUT2D eigenvalue weighted by Gasteiger charge is 2.21. The van der Waals surface area contributed by atoms with Gasteiger partial charge >= 0.3 is 6.03 Å². The molecule has 134 valence electrons. The van der Waals surface area contributed by atoms with Gasteiger partial charge in [0.25, 0.3) is 5.56 Å². The minimum absolute atomic E-state index is 0.167. The third-order valence-electron chi connectivity index (χ3n) is 4.26. The molecule has 0 spiro atoms. The predicted octanol–water partition coefficient (Wildman–Crippen LogP) is 1.57. The van der Waals surface area contributed by atoms with Crippen molar-refractivity contribution in [3.63, 3.8) is 0 Å². The maximum atomic E-state index is 12.7. The molecule has 3 heterocycles. The van der Waals surface area contributed by atoms with Crippen molar-refractivity contribution in [3.8, 4) is 0 Å². The van der Waals surface area contributed by atoms with Gasteiger partial charge in [-0.05, 0) is 37.0 Å². The first-order chi connectivity index (χ1) is 12.6. The van der Waals surface area contributed by atoms with Gasteiger partial charge in [-0.1, -0.05) is 0 Å². The van der Waals surface area contributed by atoms with Crippen molar-refractivity contribution in [1.82, 2.24) is 20.2 Å². The highest BCUT2D eigenvalue weighted by molar-refractivity contribution is 7.18. The highest BCUT2D eigenvalue weighted by atomic mass is 32.1. The first kappa shape index (κ1) is 16.5. The number of aryl methyl sites for hydroxylation is 2. The van der Waals surface area contributed by atoms with Gasteiger partial charge in [-0.3, -0.25) is 19.5 Å². The topological polar surface area (TPSA) is 106 Å². The average Bonchev–Trinajstić information content (AvgIpc) is 3.31. The molecule has 3 amide bonds. The number of amides is 3. The SMILES string of the molecule is O=C(Cn1cnc2sc3c(c2c1=O)CCC3)NC(=O)NCc1ccco1. The number of rotatable bonds is 4. The summed E-state index contributed by atoms with van der Waals surface area (Å²) in [5, 5.41) is 5.32. The summed E-state index contributed by atoms with van der Waals surface area (Å²) in [6, 6.07) is 2.77. The van der Waals surface area contributed by atoms with E-state index in [9.17, 15) is 14.4 Å². The number of nitrogens with zero attached hydrogens (tertiary/aromatic N) is 2. The first-order valence-electron chi connectivity index (χ1n) is 8.21. The summed E-state index contributed by atoms with van der Waals surface area (Å²) in [6.07, 6.45) is 5.75. The molecule has 0 atom stereocenters. The molecule has 0 bridgehead atoms. The number of furan rings is 1. The number of aromatic nitrogens is 2. The Labute approximate surface area is 151 Å². The van der Waals surface area contributed by atoms with Crippen molar-refractivity contribution in [2.75, 3.05) is 0 Å². The molecule has 0 unspecified atom stereocenters. The van der Waals surface area contributed by atoms with Crippen molar-refractivity contribution in [1.29, 1.82) is 0 Å². The van der Waals surface area contributed by atoms with Crippen LogP contribution in [0.3, 0.4) is 0 Å². The molecule has 3 aromatic heterocycles. The third kappa shape index (κ3) is 3.13. The number of carbonyl (C=O) groups is 2. The maximum Gasteiger partial charge on any atom is 0.321 e. The van der Waals surface area contributed by atoms with Crippen LogP contribution in [0.25, 0.3) is 10.2 Å². The predicted molar refractivity (Wildman–Crippen MR) is 95.0 cm³/mol. The van der Waals surface area contributed by atoms with E-state index in [1.54, 1.807) is 23.5 Å². The highest BCUT2D eigenvalue weighted by Crippen LogP contribution is 2.34. The zero-order valence-corrected chi connectivity index (χ0v) is 14.6. The lowest BCUT2D eigenvalue weighted by atomic mass is 10.2. The van der Waals surface area contributed by atoms with E-state index in [-0.39, 0.29) is 18.6 Å². The van der Waals surface area contributed by atoms with Crippen molar-refractivity contribution < 1.29 is 14.0 Å². The number of imide groups is 1. The number of urea groups is 1. The van der Waals surface area contributed by atoms with E-state index >= 15 is 0 Å². The van der Waals surface area contributed by atoms with E-state index in [1.807, 2.05) is 0 Å². The summed E-state index contributed by atoms with van der Waals surface area (Å²) in [5.41, 5.74) is 0.828. The Morgan fingerprint density at radius 1 is 1.35 bits per heavy atom. The van der Waals surface area contributed by atoms with Crippen molar-refractivity contribution >= 4 is 33.5 Å². The fourth-order valence-electron chi connectivity index (χ4n) is 3.08. The van der Waals surface area contributed by atoms with Gasteiger partial charge in [0.2, 0.25) is 5.91 Å². The van der Waals surface area contributed by atoms with Crippen LogP contribution in [0.15, 0.2) is 33.9 Å². The normalized spacial score (nSPS) is 12.9. The summed E-state index contributed by atoms with van der Waals surface area (Å²) in [5.74, 6) is -0.0122. The average molecular weight is 372 g/mol. The van der Waals surface area contributed by atoms with E-state index in [1.165, 1.54) is 22.0 Å². The molecule has 3 aromatic rings. The molecule has 9 heteroatoms. The largest absolute Gasteiger partial charge is 0.467 e. The van der Waals surface area contributed by atoms with Gasteiger partial charge in [-0.2, -0.15) is 0 Å². The van der Waals surface area contributed by atoms with Crippen LogP contribution in [0, 0.1) is 0 Å². The fraction of sp³-hybridized carbons (Fsp3) is 0.294. The lowest BCUT2D eigenvalue weighted by Crippen LogP contribution is -2.41. The summed E-state index contributed by atoms with van der Waals surface area (Å²) >= 11 is 1.55. The molecule has 0 aliphatic heterocycles. The minimum Gasteiger partial charge on any atom is -0.467 e. The van der Waals surface area contributed by atoms with Crippen LogP contribution in [-0.2, 0) is 30.7 Å². The van der Waals surface area contributed by atoms with Crippen molar-refractivity contribution in [3.05, 3.63) is 51.3 Å². The van der Waals surface area contributed by atoms with Crippen molar-refractivity contribution in [2.24, 2.45) is 0 Å². The van der Waals surface area contributed by atoms with Gasteiger partial charge in [0.05, 0.1) is 24.5 Å². The second-order valence-corrected chi connectivity index (χ2v) is 7.11. The van der Waals surface area contributed by atoms with Crippen LogP contribution in [0.2, 0.25) is 0 Å². The molecular formula is C17H16N4O4S. The Morgan fingerprint density at radius 2 is 2.23 bits per heavy atom. The molecule has 0 aromatic carbocycles. The van der Waals surface area contributed by atoms with Gasteiger partial charge in [-0.15, -0.1) is 11.3 Å². The Kier molecular flexibility index (Phi) is 4.29. The number of hydrogen-bond acceptors (Lipinski definition) is 6. The Bertz CT molecular complexity index is 1040. The molecular weight excluding hydrogens is 356 g/mol. The third-order valence-corrected chi connectivity index (χ3v) is 5.46. The standard InChI is InChI=1S/C17H16N4O4S/c22-13(20-17(24)18-7-10-3-2-6-25-10)8-21-9-19-15-14(16(21)23)11-4-1-5-12(11)26-15/h2-3,6,9H,1,4-5,7-8H2,(H2,18,20,22,24). The molecule has 0 fully saturated rings. The van der Waals surface area contributed by atoms with E-state index in [0.717, 1.165) is 24.8 Å². The van der Waals surface area contributed by atoms with Gasteiger partial charge in [-0.25, -0.2) is 9.78 Å². The fourth-order valence-corrected chi connectivity index (χ4v) is 4.30. The van der Waals surface area contributed by atoms with Crippen LogP contribution < -0.4 is 16.2 Å². The van der Waals surface area contributed by atoms with Crippen LogP contribution in [-0.4, -0.2) is 21.5 Å². The lowest BCUT2D eigenvalue weighted by molar-refractivity contribution is -0.120. The van der Waals surface area contributed by atoms with Gasteiger partial charge in [0.1, 0.15) is 17.1 Å². The molecule has 8 nitrogen and oxygen atoms in total. The smallest absolute Gasteiger partial charge is 0.321 e. The lowest BCUT2D eigenvalue weighted by Gasteiger charge is -2.07. The molecule has 0 saturated carbocycles. The molecule has 1 aliphatic carbocycles. The summed E-state index contributed by atoms with van der Waals surface area (Å²) < 4.78 is 6.33. The zero-order chi connectivity index (χ0) is 18.1. The molecule has 2 N–H and O–H groups in total. The summed E-state index contributed by atoms with van der Waals surface area (Å²) in [7, 11) is 0. The summed E-state index contributed by atoms with van der Waals surface area (Å²) in [4.78, 5) is 42.7. The molecule has 0 saturated heterocycles. The molecule has 0 radical (unpaired) electrons. The minimum atomic E-state index is -0.648. The molecule has 1 aliphatic rings. The van der Waals surface area contributed by atoms with Crippen LogP contribution in [0.5, 0.6) is 0 Å². The maximum absolute atomic E-state index is 12.7. The van der Waals surface area contributed by atoms with Crippen LogP contribution >= 0.6 is 11.3 Å². The van der Waals surface area contributed by atoms with Crippen molar-refractivity contribution in [2.45, 2.75) is 32.4 Å². The van der Waals surface area contributed by atoms with Crippen LogP contribution in [0.1, 0.15) is 22.6 Å². The van der Waals surface area contributed by atoms with Gasteiger partial charge < -0.3 is 9.73 Å². The number of fused-ring (bicyclic) bond motifs is 3. The Balaban J connectivity index is 1.43. The second kappa shape index (κ2) is 6.75. The molecule has 4 rings (SSSR count). The Hall–Kier alpha value is -2.94. The number of thiophene rings is 1. The monoisotopic (exact) mass is 372 g/mol. The van der Waals surface area contributed by atoms with Gasteiger partial charge in [0, 0.05) is 4.88 Å². The zero-order valence-electron chi connectivity index (χ0n) is 13.8. The van der Waals surface area contributed by atoms with Crippen LogP contribution in [0.4, 0.5) is 4.79 Å². The number of carbonyl (C=O) groups excluding carboxylic acids is 2. The van der Waals surface area contributed by atoms with Gasteiger partial charge in [0.15, 0.2) is 0 Å². The van der Waals surface area contributed by atoms with E-state index < -0.39 is 11.9 Å².